The summed E-state index contributed by atoms with van der Waals surface area (Å²) in [6, 6.07) is 7.11. The normalized spacial score (nSPS) is 13.0. The molecule has 0 saturated carbocycles. The maximum Gasteiger partial charge on any atom is 0.240 e. The van der Waals surface area contributed by atoms with Gasteiger partial charge in [0.1, 0.15) is 6.54 Å². The van der Waals surface area contributed by atoms with E-state index in [0.29, 0.717) is 11.6 Å². The highest BCUT2D eigenvalue weighted by molar-refractivity contribution is 7.92. The zero-order valence-corrected chi connectivity index (χ0v) is 14.1. The quantitative estimate of drug-likeness (QED) is 0.872. The number of amides is 1. The zero-order valence-electron chi connectivity index (χ0n) is 13.3. The molecule has 1 rings (SSSR count). The van der Waals surface area contributed by atoms with Gasteiger partial charge in [-0.1, -0.05) is 32.0 Å². The van der Waals surface area contributed by atoms with Crippen LogP contribution in [0.5, 0.6) is 0 Å². The van der Waals surface area contributed by atoms with Gasteiger partial charge in [-0.25, -0.2) is 8.42 Å². The molecule has 6 heteroatoms. The molecule has 0 aliphatic heterocycles. The summed E-state index contributed by atoms with van der Waals surface area (Å²) in [5.74, 6) is -0.0102. The fourth-order valence-corrected chi connectivity index (χ4v) is 2.73. The molecular weight excluding hydrogens is 288 g/mol. The Kier molecular flexibility index (Phi) is 5.78. The molecule has 0 saturated heterocycles. The number of carbonyl (C=O) groups excluding carboxylic acids is 1. The van der Waals surface area contributed by atoms with Crippen molar-refractivity contribution in [2.45, 2.75) is 33.7 Å². The average Bonchev–Trinajstić information content (AvgIpc) is 2.35. The highest BCUT2D eigenvalue weighted by Gasteiger charge is 2.23. The molecule has 0 radical (unpaired) electrons. The van der Waals surface area contributed by atoms with E-state index in [9.17, 15) is 13.2 Å². The van der Waals surface area contributed by atoms with Crippen molar-refractivity contribution in [3.63, 3.8) is 0 Å². The van der Waals surface area contributed by atoms with Crippen molar-refractivity contribution in [3.8, 4) is 0 Å². The van der Waals surface area contributed by atoms with E-state index in [1.54, 1.807) is 12.1 Å². The van der Waals surface area contributed by atoms with Crippen LogP contribution in [-0.4, -0.2) is 33.2 Å². The molecule has 0 aromatic heterocycles. The first kappa shape index (κ1) is 17.5. The van der Waals surface area contributed by atoms with E-state index >= 15 is 0 Å². The number of rotatable bonds is 6. The van der Waals surface area contributed by atoms with Crippen molar-refractivity contribution in [2.75, 3.05) is 17.1 Å². The lowest BCUT2D eigenvalue weighted by Gasteiger charge is -2.25. The van der Waals surface area contributed by atoms with Gasteiger partial charge in [-0.2, -0.15) is 0 Å². The van der Waals surface area contributed by atoms with Crippen molar-refractivity contribution >= 4 is 21.6 Å². The number of aryl methyl sites for hydroxylation is 1. The third-order valence-corrected chi connectivity index (χ3v) is 4.59. The van der Waals surface area contributed by atoms with Gasteiger partial charge in [0, 0.05) is 6.04 Å². The molecule has 0 fully saturated rings. The van der Waals surface area contributed by atoms with Crippen LogP contribution in [0.3, 0.4) is 0 Å². The summed E-state index contributed by atoms with van der Waals surface area (Å²) in [4.78, 5) is 12.1. The molecule has 0 aliphatic rings. The van der Waals surface area contributed by atoms with Crippen LogP contribution in [0.1, 0.15) is 26.3 Å². The molecule has 21 heavy (non-hydrogen) atoms. The van der Waals surface area contributed by atoms with Crippen LogP contribution >= 0.6 is 0 Å². The van der Waals surface area contributed by atoms with E-state index < -0.39 is 10.0 Å². The number of anilines is 1. The molecule has 0 bridgehead atoms. The minimum Gasteiger partial charge on any atom is -0.352 e. The third kappa shape index (κ3) is 5.04. The van der Waals surface area contributed by atoms with Crippen LogP contribution in [-0.2, 0) is 14.8 Å². The Balaban J connectivity index is 2.97. The second kappa shape index (κ2) is 6.93. The molecule has 1 atom stereocenters. The van der Waals surface area contributed by atoms with Crippen molar-refractivity contribution in [1.29, 1.82) is 0 Å². The van der Waals surface area contributed by atoms with E-state index in [0.717, 1.165) is 16.1 Å². The second-order valence-corrected chi connectivity index (χ2v) is 7.56. The largest absolute Gasteiger partial charge is 0.352 e. The van der Waals surface area contributed by atoms with Crippen LogP contribution in [0.4, 0.5) is 5.69 Å². The van der Waals surface area contributed by atoms with Gasteiger partial charge in [-0.15, -0.1) is 0 Å². The summed E-state index contributed by atoms with van der Waals surface area (Å²) in [5, 5.41) is 2.83. The minimum absolute atomic E-state index is 0.00391. The molecule has 5 nitrogen and oxygen atoms in total. The second-order valence-electron chi connectivity index (χ2n) is 5.66. The molecule has 1 unspecified atom stereocenters. The van der Waals surface area contributed by atoms with Crippen LogP contribution in [0.25, 0.3) is 0 Å². The molecule has 118 valence electrons. The Bertz CT molecular complexity index is 597. The Morgan fingerprint density at radius 3 is 2.29 bits per heavy atom. The Morgan fingerprint density at radius 2 is 1.81 bits per heavy atom. The predicted octanol–water partition coefficient (Wildman–Crippen LogP) is 1.92. The highest BCUT2D eigenvalue weighted by Crippen LogP contribution is 2.21. The Labute approximate surface area is 127 Å². The van der Waals surface area contributed by atoms with Crippen molar-refractivity contribution in [1.82, 2.24) is 5.32 Å². The summed E-state index contributed by atoms with van der Waals surface area (Å²) in [6.07, 6.45) is 1.11. The van der Waals surface area contributed by atoms with Gasteiger partial charge in [-0.3, -0.25) is 9.10 Å². The molecular formula is C15H24N2O3S. The summed E-state index contributed by atoms with van der Waals surface area (Å²) < 4.78 is 25.1. The van der Waals surface area contributed by atoms with Crippen LogP contribution in [0.15, 0.2) is 24.3 Å². The number of para-hydroxylation sites is 1. The molecule has 0 aliphatic carbocycles. The first-order valence-electron chi connectivity index (χ1n) is 6.95. The lowest BCUT2D eigenvalue weighted by Crippen LogP contribution is -2.44. The van der Waals surface area contributed by atoms with E-state index in [4.69, 9.17) is 0 Å². The van der Waals surface area contributed by atoms with Crippen molar-refractivity contribution in [2.24, 2.45) is 5.92 Å². The first-order valence-corrected chi connectivity index (χ1v) is 8.80. The summed E-state index contributed by atoms with van der Waals surface area (Å²) in [7, 11) is -3.52. The average molecular weight is 312 g/mol. The fourth-order valence-electron chi connectivity index (χ4n) is 1.82. The van der Waals surface area contributed by atoms with Gasteiger partial charge in [0.15, 0.2) is 0 Å². The fraction of sp³-hybridized carbons (Fsp3) is 0.533. The van der Waals surface area contributed by atoms with Gasteiger partial charge in [0.25, 0.3) is 0 Å². The van der Waals surface area contributed by atoms with Gasteiger partial charge in [-0.05, 0) is 31.4 Å². The predicted molar refractivity (Wildman–Crippen MR) is 85.8 cm³/mol. The zero-order chi connectivity index (χ0) is 16.2. The SMILES string of the molecule is Cc1ccccc1N(CC(=O)NC(C)C(C)C)S(C)(=O)=O. The van der Waals surface area contributed by atoms with E-state index in [-0.39, 0.29) is 18.5 Å². The molecule has 0 spiro atoms. The number of nitrogens with zero attached hydrogens (tertiary/aromatic N) is 1. The maximum atomic E-state index is 12.1. The van der Waals surface area contributed by atoms with Gasteiger partial charge >= 0.3 is 0 Å². The number of benzene rings is 1. The number of sulfonamides is 1. The first-order chi connectivity index (χ1) is 9.62. The molecule has 1 aromatic carbocycles. The molecule has 1 aromatic rings. The van der Waals surface area contributed by atoms with E-state index in [2.05, 4.69) is 5.32 Å². The summed E-state index contributed by atoms with van der Waals surface area (Å²) in [5.41, 5.74) is 1.35. The topological polar surface area (TPSA) is 66.5 Å². The smallest absolute Gasteiger partial charge is 0.240 e. The summed E-state index contributed by atoms with van der Waals surface area (Å²) in [6.45, 7) is 7.52. The Hall–Kier alpha value is -1.56. The van der Waals surface area contributed by atoms with Crippen LogP contribution in [0, 0.1) is 12.8 Å². The monoisotopic (exact) mass is 312 g/mol. The summed E-state index contributed by atoms with van der Waals surface area (Å²) >= 11 is 0. The van der Waals surface area contributed by atoms with Crippen LogP contribution < -0.4 is 9.62 Å². The number of hydrogen-bond donors (Lipinski definition) is 1. The molecule has 0 heterocycles. The van der Waals surface area contributed by atoms with Crippen molar-refractivity contribution < 1.29 is 13.2 Å². The minimum atomic E-state index is -3.52. The lowest BCUT2D eigenvalue weighted by molar-refractivity contribution is -0.120. The van der Waals surface area contributed by atoms with Gasteiger partial charge in [0.05, 0.1) is 11.9 Å². The maximum absolute atomic E-state index is 12.1. The Morgan fingerprint density at radius 1 is 1.24 bits per heavy atom. The van der Waals surface area contributed by atoms with E-state index in [1.165, 1.54) is 0 Å². The number of hydrogen-bond acceptors (Lipinski definition) is 3. The van der Waals surface area contributed by atoms with Gasteiger partial charge < -0.3 is 5.32 Å². The van der Waals surface area contributed by atoms with Crippen molar-refractivity contribution in [3.05, 3.63) is 29.8 Å². The van der Waals surface area contributed by atoms with Crippen LogP contribution in [0.2, 0.25) is 0 Å². The molecule has 1 N–H and O–H groups in total. The third-order valence-electron chi connectivity index (χ3n) is 3.46. The number of carbonyl (C=O) groups is 1. The molecule has 1 amide bonds. The van der Waals surface area contributed by atoms with Gasteiger partial charge in [0.2, 0.25) is 15.9 Å². The lowest BCUT2D eigenvalue weighted by atomic mass is 10.1. The van der Waals surface area contributed by atoms with E-state index in [1.807, 2.05) is 39.8 Å². The number of nitrogens with one attached hydrogen (secondary N) is 1. The standard InChI is InChI=1S/C15H24N2O3S/c1-11(2)13(4)16-15(18)10-17(21(5,19)20)14-9-7-6-8-12(14)3/h6-9,11,13H,10H2,1-5H3,(H,16,18). The highest BCUT2D eigenvalue weighted by atomic mass is 32.2.